The summed E-state index contributed by atoms with van der Waals surface area (Å²) in [4.78, 5) is 17.7. The van der Waals surface area contributed by atoms with Crippen LogP contribution in [0, 0.1) is 5.92 Å². The van der Waals surface area contributed by atoms with Crippen LogP contribution >= 0.6 is 0 Å². The fourth-order valence-electron chi connectivity index (χ4n) is 4.92. The third kappa shape index (κ3) is 5.32. The van der Waals surface area contributed by atoms with Crippen LogP contribution in [0.4, 0.5) is 0 Å². The molecular weight excluding hydrogens is 416 g/mol. The molecule has 1 amide bonds. The van der Waals surface area contributed by atoms with Gasteiger partial charge in [-0.1, -0.05) is 6.42 Å². The largest absolute Gasteiger partial charge is 0.379 e. The molecule has 174 valence electrons. The van der Waals surface area contributed by atoms with Crippen LogP contribution in [0.3, 0.4) is 0 Å². The second-order valence-corrected chi connectivity index (χ2v) is 11.1. The number of aryl methyl sites for hydroxylation is 1. The van der Waals surface area contributed by atoms with Crippen molar-refractivity contribution < 1.29 is 17.9 Å². The molecule has 0 aromatic carbocycles. The zero-order valence-electron chi connectivity index (χ0n) is 18.7. The van der Waals surface area contributed by atoms with Crippen LogP contribution in [0.25, 0.3) is 0 Å². The molecule has 0 atom stereocenters. The summed E-state index contributed by atoms with van der Waals surface area (Å²) >= 11 is 0. The highest BCUT2D eigenvalue weighted by Gasteiger charge is 2.30. The predicted octanol–water partition coefficient (Wildman–Crippen LogP) is 1.77. The molecule has 0 unspecified atom stereocenters. The van der Waals surface area contributed by atoms with E-state index in [2.05, 4.69) is 4.90 Å². The molecule has 1 aromatic rings. The van der Waals surface area contributed by atoms with Crippen molar-refractivity contribution in [3.05, 3.63) is 18.0 Å². The lowest BCUT2D eigenvalue weighted by Gasteiger charge is -2.34. The lowest BCUT2D eigenvalue weighted by Crippen LogP contribution is -2.41. The Balaban J connectivity index is 1.32. The van der Waals surface area contributed by atoms with Crippen molar-refractivity contribution >= 4 is 15.9 Å². The van der Waals surface area contributed by atoms with Crippen molar-refractivity contribution in [1.29, 1.82) is 0 Å². The van der Waals surface area contributed by atoms with E-state index in [9.17, 15) is 13.2 Å². The van der Waals surface area contributed by atoms with Gasteiger partial charge in [0.1, 0.15) is 10.6 Å². The van der Waals surface area contributed by atoms with Gasteiger partial charge in [-0.15, -0.1) is 0 Å². The van der Waals surface area contributed by atoms with Crippen LogP contribution in [-0.4, -0.2) is 92.0 Å². The summed E-state index contributed by atoms with van der Waals surface area (Å²) in [6.07, 6.45) is 7.67. The first-order valence-corrected chi connectivity index (χ1v) is 13.1. The fourth-order valence-corrected chi connectivity index (χ4v) is 6.51. The number of sulfonamides is 1. The van der Waals surface area contributed by atoms with Crippen LogP contribution in [0.5, 0.6) is 0 Å². The maximum Gasteiger partial charge on any atom is 0.270 e. The van der Waals surface area contributed by atoms with Crippen LogP contribution in [-0.2, 0) is 21.8 Å². The maximum atomic E-state index is 13.1. The van der Waals surface area contributed by atoms with Gasteiger partial charge in [-0.25, -0.2) is 8.42 Å². The Morgan fingerprint density at radius 3 is 2.39 bits per heavy atom. The smallest absolute Gasteiger partial charge is 0.270 e. The monoisotopic (exact) mass is 452 g/mol. The molecule has 3 fully saturated rings. The Bertz CT molecular complexity index is 849. The number of morpholine rings is 1. The van der Waals surface area contributed by atoms with Gasteiger partial charge in [0.15, 0.2) is 0 Å². The quantitative estimate of drug-likeness (QED) is 0.658. The molecule has 3 saturated heterocycles. The Hall–Kier alpha value is -1.42. The number of amides is 1. The van der Waals surface area contributed by atoms with Gasteiger partial charge in [-0.2, -0.15) is 4.31 Å². The molecule has 3 aliphatic rings. The zero-order chi connectivity index (χ0) is 21.8. The van der Waals surface area contributed by atoms with E-state index in [4.69, 9.17) is 4.74 Å². The molecule has 0 radical (unpaired) electrons. The van der Waals surface area contributed by atoms with Gasteiger partial charge in [-0.3, -0.25) is 9.69 Å². The highest BCUT2D eigenvalue weighted by molar-refractivity contribution is 7.89. The minimum Gasteiger partial charge on any atom is -0.379 e. The first kappa shape index (κ1) is 22.8. The lowest BCUT2D eigenvalue weighted by atomic mass is 9.93. The first-order chi connectivity index (χ1) is 14.9. The van der Waals surface area contributed by atoms with E-state index in [0.717, 1.165) is 78.0 Å². The van der Waals surface area contributed by atoms with E-state index in [1.54, 1.807) is 28.2 Å². The molecule has 0 aliphatic carbocycles. The van der Waals surface area contributed by atoms with E-state index in [1.807, 2.05) is 4.90 Å². The van der Waals surface area contributed by atoms with Crippen LogP contribution in [0.15, 0.2) is 17.2 Å². The summed E-state index contributed by atoms with van der Waals surface area (Å²) in [5, 5.41) is 0. The molecule has 9 heteroatoms. The van der Waals surface area contributed by atoms with Gasteiger partial charge in [0, 0.05) is 52.5 Å². The van der Waals surface area contributed by atoms with Crippen LogP contribution in [0.1, 0.15) is 49.0 Å². The highest BCUT2D eigenvalue weighted by Crippen LogP contribution is 2.25. The SMILES string of the molecule is Cn1cc(S(=O)(=O)N2CCCCC2)cc1C(=O)N1CCC(CCN2CCOCC2)CC1. The van der Waals surface area contributed by atoms with Crippen LogP contribution in [0.2, 0.25) is 0 Å². The predicted molar refractivity (Wildman–Crippen MR) is 119 cm³/mol. The number of carbonyl (C=O) groups excluding carboxylic acids is 1. The normalized spacial score (nSPS) is 22.7. The van der Waals surface area contributed by atoms with Gasteiger partial charge in [-0.05, 0) is 50.6 Å². The number of likely N-dealkylation sites (tertiary alicyclic amines) is 1. The number of carbonyl (C=O) groups is 1. The topological polar surface area (TPSA) is 75.1 Å². The van der Waals surface area contributed by atoms with Crippen molar-refractivity contribution in [3.8, 4) is 0 Å². The van der Waals surface area contributed by atoms with Crippen molar-refractivity contribution in [2.45, 2.75) is 43.4 Å². The van der Waals surface area contributed by atoms with E-state index in [1.165, 1.54) is 6.42 Å². The van der Waals surface area contributed by atoms with E-state index in [0.29, 0.717) is 24.7 Å². The molecule has 0 bridgehead atoms. The number of aromatic nitrogens is 1. The molecule has 0 N–H and O–H groups in total. The second-order valence-electron chi connectivity index (χ2n) is 9.11. The standard InChI is InChI=1S/C22H36N4O4S/c1-23-18-20(31(28,29)26-8-3-2-4-9-26)17-21(23)22(27)25-11-6-19(7-12-25)5-10-24-13-15-30-16-14-24/h17-19H,2-16H2,1H3. The van der Waals surface area contributed by atoms with Crippen molar-refractivity contribution in [1.82, 2.24) is 18.7 Å². The number of hydrogen-bond donors (Lipinski definition) is 0. The number of rotatable bonds is 6. The minimum absolute atomic E-state index is 0.0609. The van der Waals surface area contributed by atoms with Gasteiger partial charge in [0.2, 0.25) is 10.0 Å². The van der Waals surface area contributed by atoms with Crippen molar-refractivity contribution in [3.63, 3.8) is 0 Å². The summed E-state index contributed by atoms with van der Waals surface area (Å²) in [6.45, 7) is 7.44. The Morgan fingerprint density at radius 1 is 1.03 bits per heavy atom. The summed E-state index contributed by atoms with van der Waals surface area (Å²) in [7, 11) is -1.77. The lowest BCUT2D eigenvalue weighted by molar-refractivity contribution is 0.0331. The molecule has 4 heterocycles. The maximum absolute atomic E-state index is 13.1. The van der Waals surface area contributed by atoms with Gasteiger partial charge in [0.25, 0.3) is 5.91 Å². The molecule has 3 aliphatic heterocycles. The molecular formula is C22H36N4O4S. The van der Waals surface area contributed by atoms with Gasteiger partial charge >= 0.3 is 0 Å². The van der Waals surface area contributed by atoms with Gasteiger partial charge < -0.3 is 14.2 Å². The van der Waals surface area contributed by atoms with Crippen molar-refractivity contribution in [2.24, 2.45) is 13.0 Å². The number of hydrogen-bond acceptors (Lipinski definition) is 5. The fraction of sp³-hybridized carbons (Fsp3) is 0.773. The minimum atomic E-state index is -3.53. The summed E-state index contributed by atoms with van der Waals surface area (Å²) < 4.78 is 34.6. The Kier molecular flexibility index (Phi) is 7.36. The summed E-state index contributed by atoms with van der Waals surface area (Å²) in [5.74, 6) is 0.588. The highest BCUT2D eigenvalue weighted by atomic mass is 32.2. The number of piperidine rings is 2. The molecule has 31 heavy (non-hydrogen) atoms. The van der Waals surface area contributed by atoms with E-state index >= 15 is 0 Å². The Morgan fingerprint density at radius 2 is 1.71 bits per heavy atom. The first-order valence-electron chi connectivity index (χ1n) is 11.7. The summed E-state index contributed by atoms with van der Waals surface area (Å²) in [5.41, 5.74) is 0.461. The summed E-state index contributed by atoms with van der Waals surface area (Å²) in [6, 6.07) is 1.57. The molecule has 8 nitrogen and oxygen atoms in total. The zero-order valence-corrected chi connectivity index (χ0v) is 19.5. The molecule has 0 spiro atoms. The number of ether oxygens (including phenoxy) is 1. The second kappa shape index (κ2) is 10.0. The molecule has 4 rings (SSSR count). The average molecular weight is 453 g/mol. The third-order valence-electron chi connectivity index (χ3n) is 7.01. The Labute approximate surface area is 186 Å². The van der Waals surface area contributed by atoms with Crippen LogP contribution < -0.4 is 0 Å². The number of nitrogens with zero attached hydrogens (tertiary/aromatic N) is 4. The molecule has 0 saturated carbocycles. The third-order valence-corrected chi connectivity index (χ3v) is 8.87. The van der Waals surface area contributed by atoms with E-state index < -0.39 is 10.0 Å². The van der Waals surface area contributed by atoms with E-state index in [-0.39, 0.29) is 10.8 Å². The molecule has 1 aromatic heterocycles. The average Bonchev–Trinajstić information content (AvgIpc) is 3.21. The van der Waals surface area contributed by atoms with Crippen molar-refractivity contribution in [2.75, 3.05) is 59.0 Å². The van der Waals surface area contributed by atoms with Gasteiger partial charge in [0.05, 0.1) is 13.2 Å².